The van der Waals surface area contributed by atoms with Gasteiger partial charge in [0.15, 0.2) is 22.5 Å². The summed E-state index contributed by atoms with van der Waals surface area (Å²) in [6.07, 6.45) is -0.307. The number of Topliss-reactive ketones (excluding diaryl/α,β-unsaturated/α-hetero) is 1. The summed E-state index contributed by atoms with van der Waals surface area (Å²) in [7, 11) is 0. The van der Waals surface area contributed by atoms with Crippen molar-refractivity contribution in [3.63, 3.8) is 0 Å². The molecule has 0 saturated carbocycles. The lowest BCUT2D eigenvalue weighted by molar-refractivity contribution is -0.115. The van der Waals surface area contributed by atoms with Crippen LogP contribution in [-0.2, 0) is 11.2 Å². The first-order chi connectivity index (χ1) is 9.47. The normalized spacial score (nSPS) is 10.3. The summed E-state index contributed by atoms with van der Waals surface area (Å²) in [4.78, 5) is 26.7. The van der Waals surface area contributed by atoms with Gasteiger partial charge < -0.3 is 5.32 Å². The van der Waals surface area contributed by atoms with Crippen molar-refractivity contribution in [1.29, 1.82) is 0 Å². The Hall–Kier alpha value is -2.15. The topological polar surface area (TPSA) is 59.1 Å². The Kier molecular flexibility index (Phi) is 4.19. The number of thiazole rings is 1. The van der Waals surface area contributed by atoms with Gasteiger partial charge in [0.2, 0.25) is 5.91 Å². The quantitative estimate of drug-likeness (QED) is 0.883. The van der Waals surface area contributed by atoms with Crippen LogP contribution in [0.3, 0.4) is 0 Å². The van der Waals surface area contributed by atoms with E-state index in [1.54, 1.807) is 0 Å². The van der Waals surface area contributed by atoms with Crippen LogP contribution in [0.5, 0.6) is 0 Å². The van der Waals surface area contributed by atoms with E-state index >= 15 is 0 Å². The molecule has 0 radical (unpaired) electrons. The number of aromatic nitrogens is 1. The zero-order chi connectivity index (χ0) is 14.7. The number of halogens is 2. The van der Waals surface area contributed by atoms with E-state index < -0.39 is 17.5 Å². The summed E-state index contributed by atoms with van der Waals surface area (Å²) >= 11 is 1.09. The Bertz CT molecular complexity index is 670. The van der Waals surface area contributed by atoms with E-state index in [-0.39, 0.29) is 28.6 Å². The summed E-state index contributed by atoms with van der Waals surface area (Å²) in [5.41, 5.74) is 0.216. The largest absolute Gasteiger partial charge is 0.302 e. The molecule has 1 aromatic carbocycles. The van der Waals surface area contributed by atoms with Gasteiger partial charge in [-0.05, 0) is 6.07 Å². The lowest BCUT2D eigenvalue weighted by Gasteiger charge is -2.03. The molecule has 2 rings (SSSR count). The zero-order valence-electron chi connectivity index (χ0n) is 10.4. The fourth-order valence-electron chi connectivity index (χ4n) is 1.51. The number of benzene rings is 1. The van der Waals surface area contributed by atoms with Crippen molar-refractivity contribution in [3.8, 4) is 0 Å². The highest BCUT2D eigenvalue weighted by Crippen LogP contribution is 2.17. The van der Waals surface area contributed by atoms with Crippen LogP contribution in [0.15, 0.2) is 23.6 Å². The van der Waals surface area contributed by atoms with Crippen LogP contribution in [0.25, 0.3) is 0 Å². The van der Waals surface area contributed by atoms with Crippen LogP contribution in [-0.4, -0.2) is 16.7 Å². The molecule has 0 saturated heterocycles. The summed E-state index contributed by atoms with van der Waals surface area (Å²) in [6.45, 7) is 1.36. The molecule has 0 fully saturated rings. The van der Waals surface area contributed by atoms with Gasteiger partial charge in [0.25, 0.3) is 0 Å². The summed E-state index contributed by atoms with van der Waals surface area (Å²) < 4.78 is 26.4. The molecular formula is C13H10F2N2O2S. The van der Waals surface area contributed by atoms with Gasteiger partial charge in [0, 0.05) is 17.9 Å². The third kappa shape index (κ3) is 3.24. The number of amides is 1. The molecular weight excluding hydrogens is 286 g/mol. The van der Waals surface area contributed by atoms with Crippen LogP contribution in [0.1, 0.15) is 23.0 Å². The van der Waals surface area contributed by atoms with Crippen molar-refractivity contribution >= 4 is 28.2 Å². The fourth-order valence-corrected chi connectivity index (χ4v) is 2.28. The first-order valence-corrected chi connectivity index (χ1v) is 6.54. The van der Waals surface area contributed by atoms with Crippen LogP contribution in [0, 0.1) is 11.6 Å². The monoisotopic (exact) mass is 296 g/mol. The van der Waals surface area contributed by atoms with Gasteiger partial charge in [-0.3, -0.25) is 9.59 Å². The summed E-state index contributed by atoms with van der Waals surface area (Å²) in [6, 6.07) is 3.65. The third-order valence-corrected chi connectivity index (χ3v) is 3.25. The van der Waals surface area contributed by atoms with Crippen molar-refractivity contribution in [2.24, 2.45) is 0 Å². The molecule has 20 heavy (non-hydrogen) atoms. The first kappa shape index (κ1) is 14.3. The highest BCUT2D eigenvalue weighted by molar-refractivity contribution is 7.14. The Balaban J connectivity index is 2.05. The fraction of sp³-hybridized carbons (Fsp3) is 0.154. The molecule has 0 atom stereocenters. The predicted molar refractivity (Wildman–Crippen MR) is 70.8 cm³/mol. The zero-order valence-corrected chi connectivity index (χ0v) is 11.3. The summed E-state index contributed by atoms with van der Waals surface area (Å²) in [5, 5.41) is 4.20. The van der Waals surface area contributed by atoms with E-state index in [1.807, 2.05) is 0 Å². The lowest BCUT2D eigenvalue weighted by Crippen LogP contribution is -2.15. The van der Waals surface area contributed by atoms with Gasteiger partial charge in [-0.1, -0.05) is 12.1 Å². The molecule has 1 aromatic heterocycles. The average molecular weight is 296 g/mol. The second kappa shape index (κ2) is 5.87. The molecule has 7 heteroatoms. The Labute approximate surface area is 117 Å². The van der Waals surface area contributed by atoms with Crippen LogP contribution in [0.2, 0.25) is 0 Å². The molecule has 0 aliphatic rings. The number of carbonyl (C=O) groups excluding carboxylic acids is 2. The molecule has 0 spiro atoms. The van der Waals surface area contributed by atoms with Crippen molar-refractivity contribution in [2.75, 3.05) is 5.32 Å². The Morgan fingerprint density at radius 3 is 2.75 bits per heavy atom. The van der Waals surface area contributed by atoms with E-state index in [2.05, 4.69) is 10.3 Å². The number of hydrogen-bond acceptors (Lipinski definition) is 4. The van der Waals surface area contributed by atoms with Crippen molar-refractivity contribution in [1.82, 2.24) is 4.98 Å². The number of ketones is 1. The second-order valence-electron chi connectivity index (χ2n) is 4.03. The number of nitrogens with zero attached hydrogens (tertiary/aromatic N) is 1. The van der Waals surface area contributed by atoms with Crippen LogP contribution >= 0.6 is 11.3 Å². The highest BCUT2D eigenvalue weighted by Gasteiger charge is 2.13. The van der Waals surface area contributed by atoms with Crippen molar-refractivity contribution in [2.45, 2.75) is 13.3 Å². The maximum atomic E-state index is 13.4. The number of carbonyl (C=O) groups is 2. The highest BCUT2D eigenvalue weighted by atomic mass is 32.1. The minimum Gasteiger partial charge on any atom is -0.302 e. The van der Waals surface area contributed by atoms with Crippen molar-refractivity contribution < 1.29 is 18.4 Å². The molecule has 0 aliphatic heterocycles. The van der Waals surface area contributed by atoms with Gasteiger partial charge in [0.05, 0.1) is 6.42 Å². The van der Waals surface area contributed by atoms with Gasteiger partial charge in [-0.15, -0.1) is 11.3 Å². The lowest BCUT2D eigenvalue weighted by atomic mass is 10.1. The molecule has 1 N–H and O–H groups in total. The molecule has 104 valence electrons. The minimum absolute atomic E-state index is 0.0363. The van der Waals surface area contributed by atoms with E-state index in [0.29, 0.717) is 0 Å². The van der Waals surface area contributed by atoms with Gasteiger partial charge in [-0.25, -0.2) is 13.8 Å². The Morgan fingerprint density at radius 2 is 2.10 bits per heavy atom. The number of nitrogens with one attached hydrogen (secondary N) is 1. The first-order valence-electron chi connectivity index (χ1n) is 5.66. The predicted octanol–water partition coefficient (Wildman–Crippen LogP) is 2.81. The number of anilines is 1. The van der Waals surface area contributed by atoms with E-state index in [4.69, 9.17) is 0 Å². The number of hydrogen-bond donors (Lipinski definition) is 1. The van der Waals surface area contributed by atoms with Gasteiger partial charge in [0.1, 0.15) is 5.69 Å². The second-order valence-corrected chi connectivity index (χ2v) is 4.89. The average Bonchev–Trinajstić information content (AvgIpc) is 2.83. The molecule has 0 aliphatic carbocycles. The molecule has 2 aromatic rings. The molecule has 0 unspecified atom stereocenters. The third-order valence-electron chi connectivity index (χ3n) is 2.49. The van der Waals surface area contributed by atoms with E-state index in [9.17, 15) is 18.4 Å². The Morgan fingerprint density at radius 1 is 1.35 bits per heavy atom. The standard InChI is InChI=1S/C13H10F2N2O2S/c1-7(18)10-6-20-13(16-10)17-11(19)5-8-3-2-4-9(14)12(8)15/h2-4,6H,5H2,1H3,(H,16,17,19). The minimum atomic E-state index is -1.04. The van der Waals surface area contributed by atoms with Gasteiger partial charge in [-0.2, -0.15) is 0 Å². The molecule has 1 amide bonds. The molecule has 0 bridgehead atoms. The summed E-state index contributed by atoms with van der Waals surface area (Å²) in [5.74, 6) is -2.77. The van der Waals surface area contributed by atoms with Crippen LogP contribution in [0.4, 0.5) is 13.9 Å². The number of rotatable bonds is 4. The van der Waals surface area contributed by atoms with Gasteiger partial charge >= 0.3 is 0 Å². The maximum Gasteiger partial charge on any atom is 0.230 e. The molecule has 1 heterocycles. The SMILES string of the molecule is CC(=O)c1csc(NC(=O)Cc2cccc(F)c2F)n1. The smallest absolute Gasteiger partial charge is 0.230 e. The van der Waals surface area contributed by atoms with Crippen LogP contribution < -0.4 is 5.32 Å². The van der Waals surface area contributed by atoms with Crippen molar-refractivity contribution in [3.05, 3.63) is 46.5 Å². The maximum absolute atomic E-state index is 13.4. The molecule has 4 nitrogen and oxygen atoms in total. The van der Waals surface area contributed by atoms with E-state index in [1.165, 1.54) is 24.4 Å². The van der Waals surface area contributed by atoms with E-state index in [0.717, 1.165) is 17.4 Å².